The molecule has 0 radical (unpaired) electrons. The number of benzene rings is 2. The number of ether oxygens (including phenoxy) is 1. The molecular formula is C36H40ClN7O5. The summed E-state index contributed by atoms with van der Waals surface area (Å²) in [7, 11) is 0. The average molecular weight is 686 g/mol. The molecule has 1 aliphatic heterocycles. The number of hydrogen-bond acceptors (Lipinski definition) is 8. The summed E-state index contributed by atoms with van der Waals surface area (Å²) in [6, 6.07) is 13.9. The first-order chi connectivity index (χ1) is 23.8. The number of halogens is 1. The summed E-state index contributed by atoms with van der Waals surface area (Å²) in [5.41, 5.74) is 2.72. The second-order valence-corrected chi connectivity index (χ2v) is 12.8. The van der Waals surface area contributed by atoms with Crippen molar-refractivity contribution in [2.45, 2.75) is 45.6 Å². The molecule has 256 valence electrons. The third kappa shape index (κ3) is 8.76. The van der Waals surface area contributed by atoms with Crippen molar-refractivity contribution in [3.63, 3.8) is 0 Å². The highest BCUT2D eigenvalue weighted by Crippen LogP contribution is 2.33. The smallest absolute Gasteiger partial charge is 0.323 e. The molecule has 2 fully saturated rings. The van der Waals surface area contributed by atoms with Gasteiger partial charge in [-0.25, -0.2) is 9.48 Å². The van der Waals surface area contributed by atoms with Gasteiger partial charge in [0.15, 0.2) is 5.75 Å². The molecule has 0 bridgehead atoms. The molecule has 1 saturated heterocycles. The van der Waals surface area contributed by atoms with Crippen LogP contribution in [0, 0.1) is 5.92 Å². The number of piperidine rings is 1. The maximum atomic E-state index is 13.4. The zero-order valence-electron chi connectivity index (χ0n) is 27.4. The van der Waals surface area contributed by atoms with E-state index in [1.54, 1.807) is 13.0 Å². The third-order valence-corrected chi connectivity index (χ3v) is 8.93. The van der Waals surface area contributed by atoms with Crippen LogP contribution in [0.25, 0.3) is 22.4 Å². The van der Waals surface area contributed by atoms with Gasteiger partial charge in [0.1, 0.15) is 17.1 Å². The van der Waals surface area contributed by atoms with Gasteiger partial charge in [-0.05, 0) is 93.1 Å². The Morgan fingerprint density at radius 3 is 2.55 bits per heavy atom. The summed E-state index contributed by atoms with van der Waals surface area (Å²) in [5.74, 6) is 0.706. The molecule has 0 atom stereocenters. The topological polar surface area (TPSA) is 151 Å². The molecule has 6 rings (SSSR count). The predicted molar refractivity (Wildman–Crippen MR) is 189 cm³/mol. The van der Waals surface area contributed by atoms with E-state index < -0.39 is 11.6 Å². The predicted octanol–water partition coefficient (Wildman–Crippen LogP) is 6.00. The fraction of sp³-hybridized carbons (Fsp3) is 0.361. The molecule has 2 aliphatic rings. The van der Waals surface area contributed by atoms with Crippen LogP contribution in [0.2, 0.25) is 5.02 Å². The number of aromatic hydroxyl groups is 1. The Bertz CT molecular complexity index is 1870. The van der Waals surface area contributed by atoms with Crippen molar-refractivity contribution >= 4 is 34.9 Å². The summed E-state index contributed by atoms with van der Waals surface area (Å²) in [6.07, 6.45) is 8.39. The number of rotatable bonds is 12. The minimum Gasteiger partial charge on any atom is -0.504 e. The molecular weight excluding hydrogens is 646 g/mol. The minimum atomic E-state index is -0.779. The van der Waals surface area contributed by atoms with Gasteiger partial charge in [0, 0.05) is 37.0 Å². The molecule has 2 aromatic heterocycles. The van der Waals surface area contributed by atoms with Gasteiger partial charge in [-0.3, -0.25) is 14.6 Å². The van der Waals surface area contributed by atoms with Crippen molar-refractivity contribution in [1.82, 2.24) is 25.0 Å². The lowest BCUT2D eigenvalue weighted by Gasteiger charge is -2.26. The van der Waals surface area contributed by atoms with Gasteiger partial charge in [-0.1, -0.05) is 36.2 Å². The van der Waals surface area contributed by atoms with Crippen LogP contribution in [0.5, 0.6) is 11.5 Å². The van der Waals surface area contributed by atoms with Gasteiger partial charge in [-0.15, -0.1) is 0 Å². The van der Waals surface area contributed by atoms with Crippen LogP contribution in [0.1, 0.15) is 49.4 Å². The number of amides is 3. The second kappa shape index (κ2) is 15.5. The summed E-state index contributed by atoms with van der Waals surface area (Å²) in [5, 5.41) is 22.7. The van der Waals surface area contributed by atoms with Gasteiger partial charge in [0.05, 0.1) is 23.5 Å². The first-order valence-corrected chi connectivity index (χ1v) is 17.1. The van der Waals surface area contributed by atoms with Crippen LogP contribution >= 0.6 is 11.6 Å². The normalized spacial score (nSPS) is 14.7. The molecule has 0 unspecified atom stereocenters. The maximum absolute atomic E-state index is 13.4. The first kappa shape index (κ1) is 33.9. The molecule has 12 nitrogen and oxygen atoms in total. The fourth-order valence-corrected chi connectivity index (χ4v) is 5.95. The highest BCUT2D eigenvalue weighted by Gasteiger charge is 2.23. The van der Waals surface area contributed by atoms with Crippen LogP contribution in [0.15, 0.2) is 65.7 Å². The fourth-order valence-electron chi connectivity index (χ4n) is 5.75. The molecule has 1 saturated carbocycles. The molecule has 3 amide bonds. The van der Waals surface area contributed by atoms with Crippen molar-refractivity contribution in [2.24, 2.45) is 5.92 Å². The van der Waals surface area contributed by atoms with E-state index in [2.05, 4.69) is 30.9 Å². The number of carbonyl (C=O) groups is 2. The van der Waals surface area contributed by atoms with E-state index in [1.807, 2.05) is 36.4 Å². The zero-order chi connectivity index (χ0) is 34.3. The number of nitrogens with one attached hydrogen (secondary N) is 3. The Balaban J connectivity index is 1.25. The van der Waals surface area contributed by atoms with Crippen LogP contribution in [-0.4, -0.2) is 69.5 Å². The number of carbonyl (C=O) groups excluding carboxylic acids is 2. The van der Waals surface area contributed by atoms with Gasteiger partial charge in [-0.2, -0.15) is 5.10 Å². The number of aryl methyl sites for hydroxylation is 1. The molecule has 3 heterocycles. The van der Waals surface area contributed by atoms with E-state index in [1.165, 1.54) is 36.2 Å². The monoisotopic (exact) mass is 685 g/mol. The Kier molecular flexibility index (Phi) is 10.8. The summed E-state index contributed by atoms with van der Waals surface area (Å²) < 4.78 is 7.40. The van der Waals surface area contributed by atoms with E-state index >= 15 is 0 Å². The van der Waals surface area contributed by atoms with Crippen LogP contribution in [-0.2, 0) is 6.54 Å². The summed E-state index contributed by atoms with van der Waals surface area (Å²) >= 11 is 6.08. The van der Waals surface area contributed by atoms with Gasteiger partial charge < -0.3 is 30.7 Å². The lowest BCUT2D eigenvalue weighted by atomic mass is 9.99. The van der Waals surface area contributed by atoms with E-state index in [0.717, 1.165) is 49.8 Å². The Labute approximate surface area is 289 Å². The standard InChI is InChI=1S/C36H40ClN7O5/c1-2-44-35(47)31(40-36(48)41-33-29(37)20-38-21-32(33)45)19-30(42-44)25-8-6-7-24(15-25)26-16-27(18-28(17-26)49-22-23-9-10-23)34(46)39-11-14-43-12-4-3-5-13-43/h6-8,15-21,23,45H,2-5,9-14,22H2,1H3,(H,39,46)(H2,38,40,41,48). The lowest BCUT2D eigenvalue weighted by molar-refractivity contribution is 0.0946. The number of anilines is 2. The Morgan fingerprint density at radius 1 is 1.00 bits per heavy atom. The van der Waals surface area contributed by atoms with Crippen molar-refractivity contribution in [1.29, 1.82) is 0 Å². The second-order valence-electron chi connectivity index (χ2n) is 12.4. The lowest BCUT2D eigenvalue weighted by Crippen LogP contribution is -2.37. The van der Waals surface area contributed by atoms with E-state index in [9.17, 15) is 19.5 Å². The Hall–Kier alpha value is -4.94. The molecule has 4 N–H and O–H groups in total. The van der Waals surface area contributed by atoms with Gasteiger partial charge >= 0.3 is 6.03 Å². The molecule has 13 heteroatoms. The van der Waals surface area contributed by atoms with Gasteiger partial charge in [0.25, 0.3) is 11.5 Å². The molecule has 0 spiro atoms. The number of pyridine rings is 1. The van der Waals surface area contributed by atoms with Gasteiger partial charge in [0.2, 0.25) is 0 Å². The molecule has 1 aliphatic carbocycles. The van der Waals surface area contributed by atoms with Crippen molar-refractivity contribution in [2.75, 3.05) is 43.4 Å². The first-order valence-electron chi connectivity index (χ1n) is 16.7. The number of urea groups is 1. The van der Waals surface area contributed by atoms with Crippen molar-refractivity contribution < 1.29 is 19.4 Å². The van der Waals surface area contributed by atoms with E-state index in [4.69, 9.17) is 16.3 Å². The maximum Gasteiger partial charge on any atom is 0.323 e. The summed E-state index contributed by atoms with van der Waals surface area (Å²) in [4.78, 5) is 45.5. The SMILES string of the molecule is CCn1nc(-c2cccc(-c3cc(OCC4CC4)cc(C(=O)NCCN4CCCCC4)c3)c2)cc(NC(=O)Nc2c(O)cncc2Cl)c1=O. The van der Waals surface area contributed by atoms with Crippen LogP contribution < -0.4 is 26.2 Å². The largest absolute Gasteiger partial charge is 0.504 e. The van der Waals surface area contributed by atoms with Crippen LogP contribution in [0.4, 0.5) is 16.2 Å². The third-order valence-electron chi connectivity index (χ3n) is 8.65. The van der Waals surface area contributed by atoms with E-state index in [-0.39, 0.29) is 34.6 Å². The molecule has 4 aromatic rings. The summed E-state index contributed by atoms with van der Waals surface area (Å²) in [6.45, 7) is 6.18. The number of likely N-dealkylation sites (tertiary alicyclic amines) is 1. The zero-order valence-corrected chi connectivity index (χ0v) is 28.1. The van der Waals surface area contributed by atoms with Crippen molar-refractivity contribution in [3.8, 4) is 33.9 Å². The number of nitrogens with zero attached hydrogens (tertiary/aromatic N) is 4. The highest BCUT2D eigenvalue weighted by molar-refractivity contribution is 6.34. The number of aromatic nitrogens is 3. The Morgan fingerprint density at radius 2 is 1.80 bits per heavy atom. The van der Waals surface area contributed by atoms with Crippen LogP contribution in [0.3, 0.4) is 0 Å². The molecule has 49 heavy (non-hydrogen) atoms. The molecule has 2 aromatic carbocycles. The average Bonchev–Trinajstić information content (AvgIpc) is 3.95. The van der Waals surface area contributed by atoms with E-state index in [0.29, 0.717) is 41.6 Å². The number of hydrogen-bond donors (Lipinski definition) is 4. The quantitative estimate of drug-likeness (QED) is 0.142. The van der Waals surface area contributed by atoms with Crippen molar-refractivity contribution in [3.05, 3.63) is 81.9 Å². The highest BCUT2D eigenvalue weighted by atomic mass is 35.5. The minimum absolute atomic E-state index is 0.0154.